The number of aryl methyl sites for hydroxylation is 1. The zero-order valence-corrected chi connectivity index (χ0v) is 25.8. The van der Waals surface area contributed by atoms with E-state index in [0.29, 0.717) is 11.5 Å². The summed E-state index contributed by atoms with van der Waals surface area (Å²) in [6.07, 6.45) is 5.86. The van der Waals surface area contributed by atoms with E-state index < -0.39 is 0 Å². The Balaban J connectivity index is 0.000000263. The summed E-state index contributed by atoms with van der Waals surface area (Å²) in [6.45, 7) is 5.89. The topological polar surface area (TPSA) is 63.3 Å². The van der Waals surface area contributed by atoms with E-state index in [9.17, 15) is 4.79 Å². The summed E-state index contributed by atoms with van der Waals surface area (Å²) in [7, 11) is 0. The van der Waals surface area contributed by atoms with Gasteiger partial charge in [-0.2, -0.15) is 0 Å². The van der Waals surface area contributed by atoms with Gasteiger partial charge in [0.15, 0.2) is 5.78 Å². The summed E-state index contributed by atoms with van der Waals surface area (Å²) >= 11 is 0. The second kappa shape index (κ2) is 12.0. The van der Waals surface area contributed by atoms with Crippen molar-refractivity contribution in [2.24, 2.45) is 5.92 Å². The molecule has 4 aromatic carbocycles. The van der Waals surface area contributed by atoms with Gasteiger partial charge < -0.3 is 14.5 Å². The van der Waals surface area contributed by atoms with Crippen molar-refractivity contribution in [2.45, 2.75) is 46.0 Å². The van der Waals surface area contributed by atoms with Crippen LogP contribution in [0.5, 0.6) is 5.75 Å². The van der Waals surface area contributed by atoms with E-state index in [1.807, 2.05) is 18.3 Å². The van der Waals surface area contributed by atoms with Crippen molar-refractivity contribution in [3.8, 4) is 17.0 Å². The van der Waals surface area contributed by atoms with E-state index in [0.717, 1.165) is 50.1 Å². The van der Waals surface area contributed by atoms with Crippen LogP contribution in [-0.2, 0) is 20.1 Å². The fourth-order valence-corrected chi connectivity index (χ4v) is 6.00. The molecule has 2 atom stereocenters. The number of furan rings is 1. The molecule has 2 heterocycles. The first-order valence-electron chi connectivity index (χ1n) is 13.9. The number of fused-ring (bicyclic) bond motifs is 4. The molecule has 0 bridgehead atoms. The van der Waals surface area contributed by atoms with Crippen LogP contribution in [0, 0.1) is 18.9 Å². The Hall–Kier alpha value is -3.79. The maximum absolute atomic E-state index is 10.7. The van der Waals surface area contributed by atoms with E-state index in [4.69, 9.17) is 14.5 Å². The predicted molar refractivity (Wildman–Crippen MR) is 162 cm³/mol. The van der Waals surface area contributed by atoms with E-state index >= 15 is 0 Å². The third-order valence-electron chi connectivity index (χ3n) is 8.02. The molecule has 1 radical (unpaired) electrons. The number of carbonyl (C=O) groups excluding carboxylic acids is 1. The van der Waals surface area contributed by atoms with Crippen molar-refractivity contribution >= 4 is 38.5 Å². The molecule has 0 amide bonds. The van der Waals surface area contributed by atoms with E-state index in [1.165, 1.54) is 43.2 Å². The summed E-state index contributed by atoms with van der Waals surface area (Å²) in [6, 6.07) is 29.5. The number of rotatable bonds is 3. The molecule has 1 saturated carbocycles. The van der Waals surface area contributed by atoms with Gasteiger partial charge in [0, 0.05) is 31.7 Å². The normalized spacial score (nSPS) is 16.4. The van der Waals surface area contributed by atoms with Crippen molar-refractivity contribution in [1.82, 2.24) is 4.98 Å². The minimum atomic E-state index is -0.113. The van der Waals surface area contributed by atoms with E-state index in [1.54, 1.807) is 18.2 Å². The number of phenolic OH excluding ortho intramolecular Hbond substituents is 1. The first-order chi connectivity index (χ1) is 19.4. The van der Waals surface area contributed by atoms with Crippen LogP contribution < -0.4 is 0 Å². The summed E-state index contributed by atoms with van der Waals surface area (Å²) < 4.78 is 6.29. The third kappa shape index (κ3) is 5.70. The SMILES string of the molecule is CC(=O)c1ccccc1O.Cc1[c-]c(-c2nccc3cc(C4CCC(C)C4)ccc23)c2oc3ccccc3c2c1.[Ir]. The summed E-state index contributed by atoms with van der Waals surface area (Å²) in [5.41, 5.74) is 6.62. The molecule has 0 aliphatic heterocycles. The molecule has 209 valence electrons. The molecule has 1 N–H and O–H groups in total. The molecular formula is C36H32IrNO3-. The number of benzene rings is 4. The van der Waals surface area contributed by atoms with Gasteiger partial charge in [-0.15, -0.1) is 17.7 Å². The number of nitrogens with zero attached hydrogens (tertiary/aromatic N) is 1. The Kier molecular flexibility index (Phi) is 8.39. The fraction of sp³-hybridized carbons (Fsp3) is 0.222. The first-order valence-corrected chi connectivity index (χ1v) is 13.9. The van der Waals surface area contributed by atoms with Crippen LogP contribution in [0.15, 0.2) is 89.5 Å². The second-order valence-electron chi connectivity index (χ2n) is 11.0. The van der Waals surface area contributed by atoms with Gasteiger partial charge in [0.2, 0.25) is 0 Å². The molecule has 0 spiro atoms. The van der Waals surface area contributed by atoms with Crippen LogP contribution in [0.3, 0.4) is 0 Å². The van der Waals surface area contributed by atoms with Crippen LogP contribution in [0.2, 0.25) is 0 Å². The molecule has 2 aromatic heterocycles. The molecule has 7 rings (SSSR count). The zero-order valence-electron chi connectivity index (χ0n) is 23.4. The van der Waals surface area contributed by atoms with Crippen LogP contribution in [-0.4, -0.2) is 15.9 Å². The summed E-state index contributed by atoms with van der Waals surface area (Å²) in [5, 5.41) is 13.7. The van der Waals surface area contributed by atoms with Crippen molar-refractivity contribution in [2.75, 3.05) is 0 Å². The van der Waals surface area contributed by atoms with Crippen LogP contribution in [0.4, 0.5) is 0 Å². The minimum absolute atomic E-state index is 0. The van der Waals surface area contributed by atoms with Gasteiger partial charge in [0.25, 0.3) is 0 Å². The molecule has 1 fully saturated rings. The monoisotopic (exact) mass is 719 g/mol. The quantitative estimate of drug-likeness (QED) is 0.146. The van der Waals surface area contributed by atoms with Crippen LogP contribution in [0.25, 0.3) is 44.0 Å². The Morgan fingerprint density at radius 1 is 0.951 bits per heavy atom. The number of phenols is 1. The largest absolute Gasteiger partial charge is 0.507 e. The van der Waals surface area contributed by atoms with Crippen molar-refractivity contribution in [1.29, 1.82) is 0 Å². The number of hydrogen-bond donors (Lipinski definition) is 1. The minimum Gasteiger partial charge on any atom is -0.507 e. The van der Waals surface area contributed by atoms with Crippen molar-refractivity contribution < 1.29 is 34.4 Å². The number of ketones is 1. The molecule has 5 heteroatoms. The molecule has 1 aliphatic carbocycles. The first kappa shape index (κ1) is 28.7. The van der Waals surface area contributed by atoms with Crippen molar-refractivity contribution in [3.63, 3.8) is 0 Å². The van der Waals surface area contributed by atoms with Crippen LogP contribution >= 0.6 is 0 Å². The van der Waals surface area contributed by atoms with Gasteiger partial charge >= 0.3 is 0 Å². The van der Waals surface area contributed by atoms with E-state index in [-0.39, 0.29) is 31.6 Å². The predicted octanol–water partition coefficient (Wildman–Crippen LogP) is 9.41. The van der Waals surface area contributed by atoms with Gasteiger partial charge in [0.05, 0.1) is 11.1 Å². The number of para-hydroxylation sites is 2. The fourth-order valence-electron chi connectivity index (χ4n) is 6.00. The molecular weight excluding hydrogens is 687 g/mol. The molecule has 4 nitrogen and oxygen atoms in total. The summed E-state index contributed by atoms with van der Waals surface area (Å²) in [5.74, 6) is 1.46. The molecule has 41 heavy (non-hydrogen) atoms. The number of carbonyl (C=O) groups is 1. The standard InChI is InChI=1S/C28H24NO.C8H8O2.Ir/c1-17-7-8-19(13-17)20-9-10-22-21(16-20)11-12-29-27(22)25-15-18(2)14-24-23-5-3-4-6-26(23)30-28(24)25;1-6(9)7-4-2-3-5-8(7)10;/h3-6,9-12,14,16-17,19H,7-8,13H2,1-2H3;2-5,10H,1H3;/q-1;;. The Bertz CT molecular complexity index is 1870. The number of pyridine rings is 1. The van der Waals surface area contributed by atoms with Gasteiger partial charge in [-0.05, 0) is 77.9 Å². The third-order valence-corrected chi connectivity index (χ3v) is 8.02. The Morgan fingerprint density at radius 3 is 2.46 bits per heavy atom. The molecule has 2 unspecified atom stereocenters. The van der Waals surface area contributed by atoms with Crippen LogP contribution in [0.1, 0.15) is 60.5 Å². The number of Topliss-reactive ketones (excluding diaryl/α,β-unsaturated/α-hetero) is 1. The van der Waals surface area contributed by atoms with E-state index in [2.05, 4.69) is 62.4 Å². The molecule has 6 aromatic rings. The maximum Gasteiger partial charge on any atom is 0.163 e. The number of hydrogen-bond acceptors (Lipinski definition) is 4. The maximum atomic E-state index is 10.7. The van der Waals surface area contributed by atoms with Gasteiger partial charge in [-0.3, -0.25) is 4.79 Å². The Labute approximate surface area is 253 Å². The molecule has 1 aliphatic rings. The number of aromatic hydroxyl groups is 1. The smallest absolute Gasteiger partial charge is 0.163 e. The molecule has 0 saturated heterocycles. The average molecular weight is 719 g/mol. The van der Waals surface area contributed by atoms with Gasteiger partial charge in [-0.1, -0.05) is 79.7 Å². The second-order valence-corrected chi connectivity index (χ2v) is 11.0. The van der Waals surface area contributed by atoms with Gasteiger partial charge in [-0.25, -0.2) is 0 Å². The number of aromatic nitrogens is 1. The Morgan fingerprint density at radius 2 is 1.73 bits per heavy atom. The average Bonchev–Trinajstić information content (AvgIpc) is 3.56. The zero-order chi connectivity index (χ0) is 27.8. The van der Waals surface area contributed by atoms with Crippen molar-refractivity contribution in [3.05, 3.63) is 108 Å². The summed E-state index contributed by atoms with van der Waals surface area (Å²) in [4.78, 5) is 15.5. The van der Waals surface area contributed by atoms with Gasteiger partial charge in [0.1, 0.15) is 11.3 Å².